The predicted molar refractivity (Wildman–Crippen MR) is 82.1 cm³/mol. The molecule has 0 bridgehead atoms. The molecule has 2 heteroatoms. The van der Waals surface area contributed by atoms with E-state index in [2.05, 4.69) is 25.7 Å². The van der Waals surface area contributed by atoms with Gasteiger partial charge in [0.15, 0.2) is 0 Å². The Morgan fingerprint density at radius 2 is 1.53 bits per heavy atom. The molecule has 1 amide bonds. The van der Waals surface area contributed by atoms with Crippen LogP contribution in [0.1, 0.15) is 78.6 Å². The van der Waals surface area contributed by atoms with Crippen LogP contribution in [0, 0.1) is 11.8 Å². The maximum Gasteiger partial charge on any atom is 0.225 e. The van der Waals surface area contributed by atoms with Gasteiger partial charge in [-0.25, -0.2) is 0 Å². The van der Waals surface area contributed by atoms with Crippen LogP contribution in [0.25, 0.3) is 0 Å². The topological polar surface area (TPSA) is 20.3 Å². The molecule has 0 atom stereocenters. The van der Waals surface area contributed by atoms with Crippen molar-refractivity contribution in [1.29, 1.82) is 0 Å². The van der Waals surface area contributed by atoms with Gasteiger partial charge in [-0.05, 0) is 44.4 Å². The van der Waals surface area contributed by atoms with E-state index in [0.717, 1.165) is 44.7 Å². The fourth-order valence-electron chi connectivity index (χ4n) is 3.32. The molecular formula is C17H33NO. The molecule has 0 spiro atoms. The number of rotatable bonds is 8. The normalized spacial score (nSPS) is 23.3. The summed E-state index contributed by atoms with van der Waals surface area (Å²) in [7, 11) is 0. The Bertz CT molecular complexity index is 238. The predicted octanol–water partition coefficient (Wildman–Crippen LogP) is 4.63. The number of hydrogen-bond acceptors (Lipinski definition) is 1. The smallest absolute Gasteiger partial charge is 0.225 e. The number of hydrogen-bond donors (Lipinski definition) is 0. The summed E-state index contributed by atoms with van der Waals surface area (Å²) in [6.45, 7) is 8.49. The van der Waals surface area contributed by atoms with Crippen molar-refractivity contribution >= 4 is 5.91 Å². The molecule has 0 saturated heterocycles. The second-order valence-electron chi connectivity index (χ2n) is 6.19. The first kappa shape index (κ1) is 16.5. The van der Waals surface area contributed by atoms with Crippen molar-refractivity contribution in [3.63, 3.8) is 0 Å². The van der Waals surface area contributed by atoms with Crippen LogP contribution in [0.2, 0.25) is 0 Å². The van der Waals surface area contributed by atoms with Crippen molar-refractivity contribution in [2.45, 2.75) is 78.6 Å². The van der Waals surface area contributed by atoms with Gasteiger partial charge in [-0.3, -0.25) is 4.79 Å². The summed E-state index contributed by atoms with van der Waals surface area (Å²) in [5, 5.41) is 0. The highest BCUT2D eigenvalue weighted by atomic mass is 16.2. The molecule has 0 aromatic heterocycles. The van der Waals surface area contributed by atoms with Crippen LogP contribution in [0.4, 0.5) is 0 Å². The first-order valence-electron chi connectivity index (χ1n) is 8.51. The number of carbonyl (C=O) groups excluding carboxylic acids is 1. The fraction of sp³-hybridized carbons (Fsp3) is 0.941. The van der Waals surface area contributed by atoms with Crippen molar-refractivity contribution < 1.29 is 4.79 Å². The quantitative estimate of drug-likeness (QED) is 0.628. The Labute approximate surface area is 119 Å². The van der Waals surface area contributed by atoms with Crippen molar-refractivity contribution in [3.05, 3.63) is 0 Å². The van der Waals surface area contributed by atoms with Gasteiger partial charge in [-0.2, -0.15) is 0 Å². The zero-order chi connectivity index (χ0) is 14.1. The van der Waals surface area contributed by atoms with E-state index in [9.17, 15) is 4.79 Å². The Morgan fingerprint density at radius 1 is 0.947 bits per heavy atom. The monoisotopic (exact) mass is 267 g/mol. The molecule has 0 unspecified atom stereocenters. The largest absolute Gasteiger partial charge is 0.342 e. The Balaban J connectivity index is 2.37. The Kier molecular flexibility index (Phi) is 8.16. The molecular weight excluding hydrogens is 234 g/mol. The highest BCUT2D eigenvalue weighted by Crippen LogP contribution is 2.32. The Morgan fingerprint density at radius 3 is 2.00 bits per heavy atom. The van der Waals surface area contributed by atoms with Crippen LogP contribution in [0.5, 0.6) is 0 Å². The summed E-state index contributed by atoms with van der Waals surface area (Å²) in [6, 6.07) is 0. The summed E-state index contributed by atoms with van der Waals surface area (Å²) < 4.78 is 0. The van der Waals surface area contributed by atoms with Gasteiger partial charge in [0.2, 0.25) is 5.91 Å². The third-order valence-electron chi connectivity index (χ3n) is 4.46. The summed E-state index contributed by atoms with van der Waals surface area (Å²) >= 11 is 0. The minimum Gasteiger partial charge on any atom is -0.342 e. The average Bonchev–Trinajstić information content (AvgIpc) is 2.44. The molecule has 0 aromatic rings. The van der Waals surface area contributed by atoms with E-state index in [4.69, 9.17) is 0 Å². The average molecular weight is 267 g/mol. The minimum atomic E-state index is 0.330. The van der Waals surface area contributed by atoms with E-state index in [1.807, 2.05) is 0 Å². The molecule has 1 aliphatic rings. The summed E-state index contributed by atoms with van der Waals surface area (Å²) in [5.74, 6) is 1.67. The number of nitrogens with zero attached hydrogens (tertiary/aromatic N) is 1. The van der Waals surface area contributed by atoms with Gasteiger partial charge in [0, 0.05) is 19.0 Å². The van der Waals surface area contributed by atoms with Crippen molar-refractivity contribution in [1.82, 2.24) is 4.90 Å². The lowest BCUT2D eigenvalue weighted by Gasteiger charge is -2.32. The van der Waals surface area contributed by atoms with E-state index < -0.39 is 0 Å². The van der Waals surface area contributed by atoms with Crippen LogP contribution in [0.15, 0.2) is 0 Å². The van der Waals surface area contributed by atoms with E-state index in [-0.39, 0.29) is 0 Å². The van der Waals surface area contributed by atoms with E-state index in [1.165, 1.54) is 32.1 Å². The molecule has 0 radical (unpaired) electrons. The molecule has 112 valence electrons. The second kappa shape index (κ2) is 9.39. The van der Waals surface area contributed by atoms with Crippen LogP contribution in [-0.2, 0) is 4.79 Å². The highest BCUT2D eigenvalue weighted by Gasteiger charge is 2.28. The van der Waals surface area contributed by atoms with Gasteiger partial charge in [0.1, 0.15) is 0 Å². The number of amides is 1. The molecule has 0 aromatic carbocycles. The van der Waals surface area contributed by atoms with Gasteiger partial charge in [-0.15, -0.1) is 0 Å². The molecule has 19 heavy (non-hydrogen) atoms. The number of carbonyl (C=O) groups is 1. The molecule has 1 aliphatic carbocycles. The molecule has 1 fully saturated rings. The summed E-state index contributed by atoms with van der Waals surface area (Å²) in [5.41, 5.74) is 0. The highest BCUT2D eigenvalue weighted by molar-refractivity contribution is 5.78. The standard InChI is InChI=1S/C17H33NO/c1-4-7-8-15-9-11-16(12-10-15)17(19)18(13-5-2)14-6-3/h15-16H,4-14H2,1-3H3. The van der Waals surface area contributed by atoms with Gasteiger partial charge >= 0.3 is 0 Å². The molecule has 1 rings (SSSR count). The lowest BCUT2D eigenvalue weighted by molar-refractivity contribution is -0.137. The zero-order valence-electron chi connectivity index (χ0n) is 13.3. The van der Waals surface area contributed by atoms with Crippen LogP contribution in [-0.4, -0.2) is 23.9 Å². The minimum absolute atomic E-state index is 0.330. The molecule has 1 saturated carbocycles. The summed E-state index contributed by atoms with van der Waals surface area (Å²) in [4.78, 5) is 14.6. The third-order valence-corrected chi connectivity index (χ3v) is 4.46. The first-order valence-corrected chi connectivity index (χ1v) is 8.51. The van der Waals surface area contributed by atoms with Crippen molar-refractivity contribution in [2.24, 2.45) is 11.8 Å². The fourth-order valence-corrected chi connectivity index (χ4v) is 3.32. The van der Waals surface area contributed by atoms with Gasteiger partial charge < -0.3 is 4.90 Å². The molecule has 0 aliphatic heterocycles. The first-order chi connectivity index (χ1) is 9.22. The van der Waals surface area contributed by atoms with Crippen LogP contribution in [0.3, 0.4) is 0 Å². The lowest BCUT2D eigenvalue weighted by atomic mass is 9.79. The van der Waals surface area contributed by atoms with E-state index >= 15 is 0 Å². The van der Waals surface area contributed by atoms with Gasteiger partial charge in [-0.1, -0.05) is 40.0 Å². The maximum absolute atomic E-state index is 12.5. The van der Waals surface area contributed by atoms with Gasteiger partial charge in [0.05, 0.1) is 0 Å². The lowest BCUT2D eigenvalue weighted by Crippen LogP contribution is -2.38. The zero-order valence-corrected chi connectivity index (χ0v) is 13.3. The van der Waals surface area contributed by atoms with Crippen LogP contribution < -0.4 is 0 Å². The Hall–Kier alpha value is -0.530. The maximum atomic E-state index is 12.5. The van der Waals surface area contributed by atoms with E-state index in [1.54, 1.807) is 0 Å². The SMILES string of the molecule is CCCCC1CCC(C(=O)N(CCC)CCC)CC1. The van der Waals surface area contributed by atoms with E-state index in [0.29, 0.717) is 11.8 Å². The second-order valence-corrected chi connectivity index (χ2v) is 6.19. The third kappa shape index (κ3) is 5.54. The van der Waals surface area contributed by atoms with Crippen molar-refractivity contribution in [3.8, 4) is 0 Å². The number of unbranched alkanes of at least 4 members (excludes halogenated alkanes) is 1. The molecule has 0 N–H and O–H groups in total. The van der Waals surface area contributed by atoms with Crippen molar-refractivity contribution in [2.75, 3.05) is 13.1 Å². The molecule has 0 heterocycles. The van der Waals surface area contributed by atoms with Crippen LogP contribution >= 0.6 is 0 Å². The molecule has 2 nitrogen and oxygen atoms in total. The summed E-state index contributed by atoms with van der Waals surface area (Å²) in [6.07, 6.45) is 11.0. The van der Waals surface area contributed by atoms with Gasteiger partial charge in [0.25, 0.3) is 0 Å².